The van der Waals surface area contributed by atoms with Crippen LogP contribution in [0.15, 0.2) is 25.0 Å². The zero-order valence-corrected chi connectivity index (χ0v) is 10.7. The molecule has 0 atom stereocenters. The lowest BCUT2D eigenvalue weighted by molar-refractivity contribution is 0.131. The summed E-state index contributed by atoms with van der Waals surface area (Å²) in [4.78, 5) is 4.25. The second kappa shape index (κ2) is 8.82. The van der Waals surface area contributed by atoms with Crippen LogP contribution >= 0.6 is 0 Å². The molecule has 0 unspecified atom stereocenters. The molecule has 1 aromatic rings. The number of nitrogens with zero attached hydrogens (tertiary/aromatic N) is 2. The molecule has 0 spiro atoms. The molecule has 17 heavy (non-hydrogen) atoms. The summed E-state index contributed by atoms with van der Waals surface area (Å²) in [6.45, 7) is 9.26. The Morgan fingerprint density at radius 1 is 1.47 bits per heavy atom. The summed E-state index contributed by atoms with van der Waals surface area (Å²) in [6, 6.07) is 0. The second-order valence-electron chi connectivity index (χ2n) is 3.94. The Hall–Kier alpha value is -1.29. The van der Waals surface area contributed by atoms with Crippen LogP contribution in [-0.4, -0.2) is 29.3 Å². The number of anilines is 1. The van der Waals surface area contributed by atoms with Crippen LogP contribution in [0.2, 0.25) is 0 Å². The van der Waals surface area contributed by atoms with Gasteiger partial charge in [0.2, 0.25) is 5.95 Å². The number of nitrogens with one attached hydrogen (secondary N) is 1. The van der Waals surface area contributed by atoms with E-state index in [1.807, 2.05) is 16.8 Å². The number of unbranched alkanes of at least 4 members (excludes halogenated alkanes) is 1. The molecule has 96 valence electrons. The van der Waals surface area contributed by atoms with Crippen molar-refractivity contribution in [1.82, 2.24) is 9.55 Å². The smallest absolute Gasteiger partial charge is 0.203 e. The van der Waals surface area contributed by atoms with Gasteiger partial charge in [0.25, 0.3) is 0 Å². The van der Waals surface area contributed by atoms with Gasteiger partial charge < -0.3 is 14.6 Å². The predicted octanol–water partition coefficient (Wildman–Crippen LogP) is 2.69. The van der Waals surface area contributed by atoms with Crippen LogP contribution in [-0.2, 0) is 11.3 Å². The Morgan fingerprint density at radius 3 is 3.06 bits per heavy atom. The molecule has 4 heteroatoms. The van der Waals surface area contributed by atoms with E-state index in [9.17, 15) is 0 Å². The van der Waals surface area contributed by atoms with E-state index < -0.39 is 0 Å². The summed E-state index contributed by atoms with van der Waals surface area (Å²) in [6.07, 6.45) is 8.95. The first-order valence-corrected chi connectivity index (χ1v) is 6.32. The van der Waals surface area contributed by atoms with Gasteiger partial charge in [-0.3, -0.25) is 0 Å². The van der Waals surface area contributed by atoms with Crippen molar-refractivity contribution < 1.29 is 4.74 Å². The molecule has 1 heterocycles. The van der Waals surface area contributed by atoms with Crippen LogP contribution in [0.1, 0.15) is 26.2 Å². The third-order valence-corrected chi connectivity index (χ3v) is 2.43. The fraction of sp³-hybridized carbons (Fsp3) is 0.615. The monoisotopic (exact) mass is 237 g/mol. The first-order valence-electron chi connectivity index (χ1n) is 6.32. The quantitative estimate of drug-likeness (QED) is 0.502. The summed E-state index contributed by atoms with van der Waals surface area (Å²) in [5.74, 6) is 0.901. The molecule has 0 aliphatic heterocycles. The highest BCUT2D eigenvalue weighted by Gasteiger charge is 1.99. The first kappa shape index (κ1) is 13.8. The molecule has 0 fully saturated rings. The van der Waals surface area contributed by atoms with Crippen LogP contribution in [0.25, 0.3) is 0 Å². The summed E-state index contributed by atoms with van der Waals surface area (Å²) in [7, 11) is 0. The fourth-order valence-corrected chi connectivity index (χ4v) is 1.49. The summed E-state index contributed by atoms with van der Waals surface area (Å²) < 4.78 is 7.52. The maximum absolute atomic E-state index is 5.49. The van der Waals surface area contributed by atoms with Crippen molar-refractivity contribution >= 4 is 5.95 Å². The summed E-state index contributed by atoms with van der Waals surface area (Å²) in [5.41, 5.74) is 0. The van der Waals surface area contributed by atoms with Crippen LogP contribution < -0.4 is 5.32 Å². The van der Waals surface area contributed by atoms with Gasteiger partial charge in [0.1, 0.15) is 0 Å². The van der Waals surface area contributed by atoms with Crippen LogP contribution in [0.4, 0.5) is 5.95 Å². The molecule has 1 aromatic heterocycles. The molecule has 0 saturated heterocycles. The van der Waals surface area contributed by atoms with Crippen molar-refractivity contribution in [3.63, 3.8) is 0 Å². The number of aromatic nitrogens is 2. The molecule has 0 aliphatic rings. The van der Waals surface area contributed by atoms with E-state index in [4.69, 9.17) is 4.74 Å². The Bertz CT molecular complexity index is 309. The lowest BCUT2D eigenvalue weighted by Crippen LogP contribution is -2.10. The predicted molar refractivity (Wildman–Crippen MR) is 71.3 cm³/mol. The largest absolute Gasteiger partial charge is 0.381 e. The molecular formula is C13H23N3O. The molecule has 0 radical (unpaired) electrons. The third kappa shape index (κ3) is 5.54. The minimum atomic E-state index is 0.787. The summed E-state index contributed by atoms with van der Waals surface area (Å²) >= 11 is 0. The molecular weight excluding hydrogens is 214 g/mol. The van der Waals surface area contributed by atoms with E-state index in [2.05, 4.69) is 23.8 Å². The second-order valence-corrected chi connectivity index (χ2v) is 3.94. The Balaban J connectivity index is 2.09. The maximum Gasteiger partial charge on any atom is 0.203 e. The number of hydrogen-bond acceptors (Lipinski definition) is 3. The van der Waals surface area contributed by atoms with E-state index in [-0.39, 0.29) is 0 Å². The Morgan fingerprint density at radius 2 is 2.29 bits per heavy atom. The average molecular weight is 237 g/mol. The van der Waals surface area contributed by atoms with Crippen molar-refractivity contribution in [2.75, 3.05) is 25.1 Å². The van der Waals surface area contributed by atoms with Crippen molar-refractivity contribution in [2.24, 2.45) is 0 Å². The molecule has 1 N–H and O–H groups in total. The van der Waals surface area contributed by atoms with Gasteiger partial charge in [0, 0.05) is 38.7 Å². The van der Waals surface area contributed by atoms with Gasteiger partial charge in [0.05, 0.1) is 0 Å². The van der Waals surface area contributed by atoms with Gasteiger partial charge >= 0.3 is 0 Å². The minimum absolute atomic E-state index is 0.787. The van der Waals surface area contributed by atoms with E-state index in [1.54, 1.807) is 6.20 Å². The van der Waals surface area contributed by atoms with Crippen molar-refractivity contribution in [3.8, 4) is 0 Å². The standard InChI is InChI=1S/C13H23N3O/c1-3-5-11-17-12-6-7-14-13-15-8-10-16(13)9-4-2/h4,8,10H,2-3,5-7,9,11-12H2,1H3,(H,14,15). The highest BCUT2D eigenvalue weighted by atomic mass is 16.5. The SMILES string of the molecule is C=CCn1ccnc1NCCCOCCCC. The molecule has 0 saturated carbocycles. The van der Waals surface area contributed by atoms with Crippen molar-refractivity contribution in [1.29, 1.82) is 0 Å². The van der Waals surface area contributed by atoms with Crippen LogP contribution in [0.3, 0.4) is 0 Å². The zero-order chi connectivity index (χ0) is 12.3. The number of ether oxygens (including phenoxy) is 1. The van der Waals surface area contributed by atoms with Crippen LogP contribution in [0.5, 0.6) is 0 Å². The summed E-state index contributed by atoms with van der Waals surface area (Å²) in [5, 5.41) is 3.29. The van der Waals surface area contributed by atoms with E-state index in [0.29, 0.717) is 0 Å². The van der Waals surface area contributed by atoms with Crippen molar-refractivity contribution in [3.05, 3.63) is 25.0 Å². The van der Waals surface area contributed by atoms with Gasteiger partial charge in [0.15, 0.2) is 0 Å². The van der Waals surface area contributed by atoms with Gasteiger partial charge in [-0.2, -0.15) is 0 Å². The van der Waals surface area contributed by atoms with Crippen molar-refractivity contribution in [2.45, 2.75) is 32.7 Å². The number of rotatable bonds is 10. The molecule has 0 aromatic carbocycles. The number of imidazole rings is 1. The molecule has 0 bridgehead atoms. The third-order valence-electron chi connectivity index (χ3n) is 2.43. The average Bonchev–Trinajstić information content (AvgIpc) is 2.76. The lowest BCUT2D eigenvalue weighted by atomic mass is 10.4. The maximum atomic E-state index is 5.49. The van der Waals surface area contributed by atoms with Crippen LogP contribution in [0, 0.1) is 0 Å². The van der Waals surface area contributed by atoms with E-state index >= 15 is 0 Å². The van der Waals surface area contributed by atoms with Gasteiger partial charge in [-0.15, -0.1) is 6.58 Å². The zero-order valence-electron chi connectivity index (χ0n) is 10.7. The molecule has 0 aliphatic carbocycles. The van der Waals surface area contributed by atoms with Gasteiger partial charge in [-0.25, -0.2) is 4.98 Å². The number of allylic oxidation sites excluding steroid dienone is 1. The molecule has 1 rings (SSSR count). The molecule has 0 amide bonds. The first-order chi connectivity index (χ1) is 8.38. The highest BCUT2D eigenvalue weighted by molar-refractivity contribution is 5.25. The highest BCUT2D eigenvalue weighted by Crippen LogP contribution is 2.04. The van der Waals surface area contributed by atoms with Gasteiger partial charge in [-0.05, 0) is 12.8 Å². The fourth-order valence-electron chi connectivity index (χ4n) is 1.49. The minimum Gasteiger partial charge on any atom is -0.381 e. The van der Waals surface area contributed by atoms with E-state index in [0.717, 1.165) is 45.1 Å². The van der Waals surface area contributed by atoms with Gasteiger partial charge in [-0.1, -0.05) is 19.4 Å². The molecule has 4 nitrogen and oxygen atoms in total. The lowest BCUT2D eigenvalue weighted by Gasteiger charge is -2.08. The topological polar surface area (TPSA) is 39.1 Å². The number of hydrogen-bond donors (Lipinski definition) is 1. The van der Waals surface area contributed by atoms with E-state index in [1.165, 1.54) is 6.42 Å². The Kier molecular flexibility index (Phi) is 7.14. The normalized spacial score (nSPS) is 10.4. The Labute approximate surface area is 104 Å².